The molecule has 2 N–H and O–H groups in total. The van der Waals surface area contributed by atoms with Gasteiger partial charge >= 0.3 is 0 Å². The van der Waals surface area contributed by atoms with E-state index in [1.165, 1.54) is 0 Å². The van der Waals surface area contributed by atoms with Gasteiger partial charge in [-0.25, -0.2) is 0 Å². The summed E-state index contributed by atoms with van der Waals surface area (Å²) >= 11 is 0. The van der Waals surface area contributed by atoms with Gasteiger partial charge in [0.25, 0.3) is 0 Å². The lowest BCUT2D eigenvalue weighted by atomic mass is 10.3. The Labute approximate surface area is 66.1 Å². The van der Waals surface area contributed by atoms with E-state index in [0.29, 0.717) is 13.0 Å². The van der Waals surface area contributed by atoms with Crippen LogP contribution < -0.4 is 5.32 Å². The first-order chi connectivity index (χ1) is 5.18. The smallest absolute Gasteiger partial charge is 0.157 e. The van der Waals surface area contributed by atoms with Gasteiger partial charge in [-0.1, -0.05) is 0 Å². The second-order valence-electron chi connectivity index (χ2n) is 2.87. The van der Waals surface area contributed by atoms with Crippen LogP contribution in [0.25, 0.3) is 0 Å². The van der Waals surface area contributed by atoms with Crippen molar-refractivity contribution in [1.82, 2.24) is 5.32 Å². The first-order valence-corrected chi connectivity index (χ1v) is 3.84. The molecule has 1 aliphatic rings. The fourth-order valence-corrected chi connectivity index (χ4v) is 1.01. The number of carbonyl (C=O) groups excluding carboxylic acids is 1. The Morgan fingerprint density at radius 2 is 2.45 bits per heavy atom. The van der Waals surface area contributed by atoms with Crippen molar-refractivity contribution in [3.05, 3.63) is 11.8 Å². The van der Waals surface area contributed by atoms with Crippen molar-refractivity contribution in [2.75, 3.05) is 6.54 Å². The van der Waals surface area contributed by atoms with Crippen LogP contribution in [0.1, 0.15) is 19.8 Å². The van der Waals surface area contributed by atoms with Crippen molar-refractivity contribution in [2.24, 2.45) is 0 Å². The van der Waals surface area contributed by atoms with E-state index in [1.54, 1.807) is 13.0 Å². The third-order valence-electron chi connectivity index (χ3n) is 1.60. The number of carbonyl (C=O) groups is 1. The Morgan fingerprint density at radius 1 is 1.73 bits per heavy atom. The highest BCUT2D eigenvalue weighted by molar-refractivity contribution is 5.92. The number of allylic oxidation sites excluding steroid dienone is 2. The largest absolute Gasteiger partial charge is 0.392 e. The topological polar surface area (TPSA) is 49.3 Å². The second-order valence-corrected chi connectivity index (χ2v) is 2.87. The van der Waals surface area contributed by atoms with Crippen molar-refractivity contribution in [3.63, 3.8) is 0 Å². The molecular formula is C8H13NO2. The van der Waals surface area contributed by atoms with E-state index in [2.05, 4.69) is 5.32 Å². The molecule has 11 heavy (non-hydrogen) atoms. The number of ketones is 1. The van der Waals surface area contributed by atoms with Crippen molar-refractivity contribution < 1.29 is 9.90 Å². The van der Waals surface area contributed by atoms with Gasteiger partial charge in [0, 0.05) is 24.7 Å². The minimum atomic E-state index is -0.355. The second kappa shape index (κ2) is 3.53. The summed E-state index contributed by atoms with van der Waals surface area (Å²) in [7, 11) is 0. The lowest BCUT2D eigenvalue weighted by Crippen LogP contribution is -2.23. The number of rotatable bonds is 3. The summed E-state index contributed by atoms with van der Waals surface area (Å²) in [6.45, 7) is 2.24. The van der Waals surface area contributed by atoms with Crippen LogP contribution in [0.5, 0.6) is 0 Å². The molecule has 0 saturated carbocycles. The molecule has 0 bridgehead atoms. The Bertz CT molecular complexity index is 185. The SMILES string of the molecule is CC(O)CNC1=CC(=O)CC1. The highest BCUT2D eigenvalue weighted by Gasteiger charge is 2.11. The van der Waals surface area contributed by atoms with Crippen molar-refractivity contribution in [3.8, 4) is 0 Å². The monoisotopic (exact) mass is 155 g/mol. The van der Waals surface area contributed by atoms with E-state index in [0.717, 1.165) is 12.1 Å². The number of hydrogen-bond donors (Lipinski definition) is 2. The van der Waals surface area contributed by atoms with Gasteiger partial charge < -0.3 is 10.4 Å². The molecule has 0 fully saturated rings. The molecule has 0 aromatic carbocycles. The van der Waals surface area contributed by atoms with E-state index in [4.69, 9.17) is 5.11 Å². The van der Waals surface area contributed by atoms with Crippen molar-refractivity contribution >= 4 is 5.78 Å². The summed E-state index contributed by atoms with van der Waals surface area (Å²) in [6, 6.07) is 0. The first-order valence-electron chi connectivity index (χ1n) is 3.84. The zero-order chi connectivity index (χ0) is 8.27. The van der Waals surface area contributed by atoms with Gasteiger partial charge in [0.05, 0.1) is 6.10 Å². The lowest BCUT2D eigenvalue weighted by Gasteiger charge is -2.07. The van der Waals surface area contributed by atoms with E-state index < -0.39 is 0 Å². The predicted octanol–water partition coefficient (Wildman–Crippen LogP) is 0.204. The van der Waals surface area contributed by atoms with Crippen molar-refractivity contribution in [2.45, 2.75) is 25.9 Å². The molecule has 0 saturated heterocycles. The Morgan fingerprint density at radius 3 is 2.91 bits per heavy atom. The Hall–Kier alpha value is -0.830. The molecule has 0 spiro atoms. The van der Waals surface area contributed by atoms with E-state index in [-0.39, 0.29) is 11.9 Å². The van der Waals surface area contributed by atoms with Gasteiger partial charge in [0.15, 0.2) is 5.78 Å². The highest BCUT2D eigenvalue weighted by Crippen LogP contribution is 2.11. The normalized spacial score (nSPS) is 19.8. The molecular weight excluding hydrogens is 142 g/mol. The number of aliphatic hydroxyl groups excluding tert-OH is 1. The molecule has 0 aliphatic heterocycles. The minimum absolute atomic E-state index is 0.179. The molecule has 0 amide bonds. The average Bonchev–Trinajstić information content (AvgIpc) is 2.31. The molecule has 0 heterocycles. The maximum atomic E-state index is 10.7. The van der Waals surface area contributed by atoms with E-state index in [9.17, 15) is 4.79 Å². The molecule has 0 radical (unpaired) electrons. The molecule has 62 valence electrons. The zero-order valence-corrected chi connectivity index (χ0v) is 6.63. The average molecular weight is 155 g/mol. The van der Waals surface area contributed by atoms with Crippen LogP contribution >= 0.6 is 0 Å². The van der Waals surface area contributed by atoms with E-state index >= 15 is 0 Å². The highest BCUT2D eigenvalue weighted by atomic mass is 16.3. The third kappa shape index (κ3) is 2.72. The summed E-state index contributed by atoms with van der Waals surface area (Å²) in [6.07, 6.45) is 2.67. The van der Waals surface area contributed by atoms with Gasteiger partial charge in [-0.3, -0.25) is 4.79 Å². The molecule has 0 aromatic rings. The predicted molar refractivity (Wildman–Crippen MR) is 42.0 cm³/mol. The third-order valence-corrected chi connectivity index (χ3v) is 1.60. The Kier molecular flexibility index (Phi) is 2.65. The van der Waals surface area contributed by atoms with Crippen molar-refractivity contribution in [1.29, 1.82) is 0 Å². The molecule has 3 heteroatoms. The van der Waals surface area contributed by atoms with Gasteiger partial charge in [-0.2, -0.15) is 0 Å². The molecule has 3 nitrogen and oxygen atoms in total. The van der Waals surface area contributed by atoms with Gasteiger partial charge in [0.2, 0.25) is 0 Å². The zero-order valence-electron chi connectivity index (χ0n) is 6.63. The molecule has 1 unspecified atom stereocenters. The minimum Gasteiger partial charge on any atom is -0.392 e. The molecule has 1 rings (SSSR count). The van der Waals surface area contributed by atoms with Crippen LogP contribution in [0, 0.1) is 0 Å². The van der Waals surface area contributed by atoms with Crippen LogP contribution in [-0.4, -0.2) is 23.5 Å². The fourth-order valence-electron chi connectivity index (χ4n) is 1.01. The number of aliphatic hydroxyl groups is 1. The summed E-state index contributed by atoms with van der Waals surface area (Å²) in [4.78, 5) is 10.7. The molecule has 1 atom stereocenters. The van der Waals surface area contributed by atoms with Crippen LogP contribution in [0.3, 0.4) is 0 Å². The summed E-state index contributed by atoms with van der Waals surface area (Å²) in [5.74, 6) is 0.179. The summed E-state index contributed by atoms with van der Waals surface area (Å²) in [5, 5.41) is 11.9. The number of hydrogen-bond acceptors (Lipinski definition) is 3. The van der Waals surface area contributed by atoms with Gasteiger partial charge in [-0.05, 0) is 13.3 Å². The van der Waals surface area contributed by atoms with Crippen LogP contribution in [0.2, 0.25) is 0 Å². The van der Waals surface area contributed by atoms with Gasteiger partial charge in [-0.15, -0.1) is 0 Å². The standard InChI is InChI=1S/C8H13NO2/c1-6(10)5-9-7-2-3-8(11)4-7/h4,6,9-10H,2-3,5H2,1H3. The molecule has 0 aromatic heterocycles. The van der Waals surface area contributed by atoms with E-state index in [1.807, 2.05) is 0 Å². The molecule has 1 aliphatic carbocycles. The van der Waals surface area contributed by atoms with Crippen LogP contribution in [0.15, 0.2) is 11.8 Å². The van der Waals surface area contributed by atoms with Crippen LogP contribution in [0.4, 0.5) is 0 Å². The van der Waals surface area contributed by atoms with Gasteiger partial charge in [0.1, 0.15) is 0 Å². The maximum Gasteiger partial charge on any atom is 0.157 e. The first kappa shape index (κ1) is 8.27. The quantitative estimate of drug-likeness (QED) is 0.612. The summed E-state index contributed by atoms with van der Waals surface area (Å²) < 4.78 is 0. The lowest BCUT2D eigenvalue weighted by molar-refractivity contribution is -0.114. The Balaban J connectivity index is 2.27. The van der Waals surface area contributed by atoms with Crippen LogP contribution in [-0.2, 0) is 4.79 Å². The fraction of sp³-hybridized carbons (Fsp3) is 0.625. The number of nitrogens with one attached hydrogen (secondary N) is 1. The maximum absolute atomic E-state index is 10.7. The summed E-state index contributed by atoms with van der Waals surface area (Å²) in [5.41, 5.74) is 0.955.